The third-order valence-corrected chi connectivity index (χ3v) is 3.20. The summed E-state index contributed by atoms with van der Waals surface area (Å²) in [4.78, 5) is 23.5. The van der Waals surface area contributed by atoms with Crippen molar-refractivity contribution in [2.24, 2.45) is 0 Å². The second-order valence-corrected chi connectivity index (χ2v) is 5.07. The fourth-order valence-electron chi connectivity index (χ4n) is 2.29. The standard InChI is InChI=1S/C14H22O5/c1-6-17-11(15)9-13(4)8-10(3)14(5,19-13)12(16)18-7-2/h3,6-9H2,1-2,4-5H3/t13-,14+/m1/s1. The van der Waals surface area contributed by atoms with Gasteiger partial charge in [-0.1, -0.05) is 6.58 Å². The molecule has 1 aliphatic heterocycles. The minimum absolute atomic E-state index is 0.0921. The molecule has 0 unspecified atom stereocenters. The summed E-state index contributed by atoms with van der Waals surface area (Å²) in [6.07, 6.45) is 0.524. The molecule has 0 aliphatic carbocycles. The first-order valence-electron chi connectivity index (χ1n) is 6.48. The molecule has 0 amide bonds. The predicted molar refractivity (Wildman–Crippen MR) is 69.5 cm³/mol. The number of carbonyl (C=O) groups excluding carboxylic acids is 2. The van der Waals surface area contributed by atoms with Crippen LogP contribution in [-0.2, 0) is 23.8 Å². The fourth-order valence-corrected chi connectivity index (χ4v) is 2.29. The highest BCUT2D eigenvalue weighted by atomic mass is 16.6. The monoisotopic (exact) mass is 270 g/mol. The van der Waals surface area contributed by atoms with Crippen LogP contribution in [0.3, 0.4) is 0 Å². The number of ether oxygens (including phenoxy) is 3. The largest absolute Gasteiger partial charge is 0.466 e. The van der Waals surface area contributed by atoms with Gasteiger partial charge in [0, 0.05) is 6.42 Å². The molecule has 108 valence electrons. The first-order valence-corrected chi connectivity index (χ1v) is 6.48. The van der Waals surface area contributed by atoms with Crippen LogP contribution in [0.1, 0.15) is 40.5 Å². The summed E-state index contributed by atoms with van der Waals surface area (Å²) in [7, 11) is 0. The van der Waals surface area contributed by atoms with Gasteiger partial charge in [-0.05, 0) is 33.3 Å². The molecule has 0 aromatic rings. The van der Waals surface area contributed by atoms with E-state index in [0.29, 0.717) is 18.6 Å². The molecule has 1 fully saturated rings. The van der Waals surface area contributed by atoms with Crippen LogP contribution in [0.2, 0.25) is 0 Å². The number of rotatable bonds is 5. The minimum atomic E-state index is -1.18. The second-order valence-electron chi connectivity index (χ2n) is 5.07. The maximum atomic E-state index is 12.0. The van der Waals surface area contributed by atoms with Crippen LogP contribution in [0, 0.1) is 0 Å². The van der Waals surface area contributed by atoms with Crippen molar-refractivity contribution in [1.29, 1.82) is 0 Å². The van der Waals surface area contributed by atoms with E-state index in [1.807, 2.05) is 0 Å². The van der Waals surface area contributed by atoms with E-state index in [1.54, 1.807) is 27.7 Å². The Kier molecular flexibility index (Phi) is 4.74. The average Bonchev–Trinajstić information content (AvgIpc) is 2.50. The molecule has 1 heterocycles. The van der Waals surface area contributed by atoms with Crippen molar-refractivity contribution in [1.82, 2.24) is 0 Å². The Morgan fingerprint density at radius 1 is 1.26 bits per heavy atom. The maximum absolute atomic E-state index is 12.0. The molecule has 1 rings (SSSR count). The topological polar surface area (TPSA) is 61.8 Å². The highest BCUT2D eigenvalue weighted by Gasteiger charge is 2.53. The summed E-state index contributed by atoms with van der Waals surface area (Å²) >= 11 is 0. The zero-order chi connectivity index (χ0) is 14.7. The Morgan fingerprint density at radius 3 is 2.37 bits per heavy atom. The van der Waals surface area contributed by atoms with Crippen molar-refractivity contribution in [3.05, 3.63) is 12.2 Å². The van der Waals surface area contributed by atoms with Gasteiger partial charge in [-0.25, -0.2) is 4.79 Å². The van der Waals surface area contributed by atoms with Gasteiger partial charge in [-0.3, -0.25) is 4.79 Å². The summed E-state index contributed by atoms with van der Waals surface area (Å²) in [5, 5.41) is 0. The molecule has 0 bridgehead atoms. The molecule has 0 aromatic carbocycles. The van der Waals surface area contributed by atoms with E-state index in [1.165, 1.54) is 0 Å². The summed E-state index contributed by atoms with van der Waals surface area (Å²) < 4.78 is 15.7. The van der Waals surface area contributed by atoms with Crippen molar-refractivity contribution in [2.75, 3.05) is 13.2 Å². The molecule has 5 heteroatoms. The molecular weight excluding hydrogens is 248 g/mol. The van der Waals surface area contributed by atoms with E-state index in [4.69, 9.17) is 14.2 Å². The maximum Gasteiger partial charge on any atom is 0.342 e. The number of hydrogen-bond acceptors (Lipinski definition) is 5. The number of carbonyl (C=O) groups is 2. The molecule has 19 heavy (non-hydrogen) atoms. The molecule has 0 radical (unpaired) electrons. The van der Waals surface area contributed by atoms with E-state index in [2.05, 4.69) is 6.58 Å². The van der Waals surface area contributed by atoms with E-state index in [-0.39, 0.29) is 19.0 Å². The Morgan fingerprint density at radius 2 is 1.84 bits per heavy atom. The smallest absolute Gasteiger partial charge is 0.342 e. The van der Waals surface area contributed by atoms with Crippen molar-refractivity contribution < 1.29 is 23.8 Å². The zero-order valence-electron chi connectivity index (χ0n) is 12.1. The lowest BCUT2D eigenvalue weighted by Gasteiger charge is -2.27. The minimum Gasteiger partial charge on any atom is -0.466 e. The molecular formula is C14H22O5. The average molecular weight is 270 g/mol. The summed E-state index contributed by atoms with van der Waals surface area (Å²) in [6, 6.07) is 0. The third-order valence-electron chi connectivity index (χ3n) is 3.20. The quantitative estimate of drug-likeness (QED) is 0.565. The van der Waals surface area contributed by atoms with Gasteiger partial charge in [-0.2, -0.15) is 0 Å². The molecule has 0 N–H and O–H groups in total. The molecule has 0 saturated carbocycles. The van der Waals surface area contributed by atoms with Crippen LogP contribution in [0.25, 0.3) is 0 Å². The molecule has 1 aliphatic rings. The summed E-state index contributed by atoms with van der Waals surface area (Å²) in [6.45, 7) is 11.4. The normalized spacial score (nSPS) is 30.2. The Balaban J connectivity index is 2.80. The van der Waals surface area contributed by atoms with Crippen LogP contribution in [-0.4, -0.2) is 36.4 Å². The van der Waals surface area contributed by atoms with Gasteiger partial charge < -0.3 is 14.2 Å². The van der Waals surface area contributed by atoms with E-state index < -0.39 is 17.2 Å². The van der Waals surface area contributed by atoms with E-state index >= 15 is 0 Å². The summed E-state index contributed by atoms with van der Waals surface area (Å²) in [5.41, 5.74) is -1.33. The van der Waals surface area contributed by atoms with Crippen LogP contribution >= 0.6 is 0 Å². The third kappa shape index (κ3) is 3.35. The first-order chi connectivity index (χ1) is 8.77. The lowest BCUT2D eigenvalue weighted by molar-refractivity contribution is -0.176. The van der Waals surface area contributed by atoms with Gasteiger partial charge in [0.05, 0.1) is 25.2 Å². The SMILES string of the molecule is C=C1C[C@](C)(CC(=O)OCC)O[C@]1(C)C(=O)OCC. The van der Waals surface area contributed by atoms with Crippen LogP contribution < -0.4 is 0 Å². The van der Waals surface area contributed by atoms with E-state index in [0.717, 1.165) is 0 Å². The lowest BCUT2D eigenvalue weighted by Crippen LogP contribution is -2.41. The molecule has 0 aromatic heterocycles. The van der Waals surface area contributed by atoms with Gasteiger partial charge in [-0.15, -0.1) is 0 Å². The zero-order valence-corrected chi connectivity index (χ0v) is 12.1. The highest BCUT2D eigenvalue weighted by Crippen LogP contribution is 2.43. The molecule has 5 nitrogen and oxygen atoms in total. The van der Waals surface area contributed by atoms with Crippen molar-refractivity contribution in [3.8, 4) is 0 Å². The number of hydrogen-bond donors (Lipinski definition) is 0. The Bertz CT molecular complexity index is 389. The fraction of sp³-hybridized carbons (Fsp3) is 0.714. The predicted octanol–water partition coefficient (Wildman–Crippen LogP) is 2.00. The van der Waals surface area contributed by atoms with Gasteiger partial charge in [0.25, 0.3) is 0 Å². The first kappa shape index (κ1) is 15.7. The number of esters is 2. The Labute approximate surface area is 113 Å². The molecule has 1 saturated heterocycles. The van der Waals surface area contributed by atoms with Crippen molar-refractivity contribution in [2.45, 2.75) is 51.7 Å². The molecule has 0 spiro atoms. The van der Waals surface area contributed by atoms with Crippen molar-refractivity contribution >= 4 is 11.9 Å². The van der Waals surface area contributed by atoms with E-state index in [9.17, 15) is 9.59 Å². The van der Waals surface area contributed by atoms with Crippen LogP contribution in [0.15, 0.2) is 12.2 Å². The van der Waals surface area contributed by atoms with Gasteiger partial charge in [0.2, 0.25) is 0 Å². The highest BCUT2D eigenvalue weighted by molar-refractivity contribution is 5.84. The van der Waals surface area contributed by atoms with Gasteiger partial charge >= 0.3 is 11.9 Å². The second kappa shape index (κ2) is 5.74. The van der Waals surface area contributed by atoms with Crippen molar-refractivity contribution in [3.63, 3.8) is 0 Å². The van der Waals surface area contributed by atoms with Crippen LogP contribution in [0.4, 0.5) is 0 Å². The van der Waals surface area contributed by atoms with Gasteiger partial charge in [0.1, 0.15) is 0 Å². The molecule has 2 atom stereocenters. The van der Waals surface area contributed by atoms with Gasteiger partial charge in [0.15, 0.2) is 5.60 Å². The lowest BCUT2D eigenvalue weighted by atomic mass is 9.91. The summed E-state index contributed by atoms with van der Waals surface area (Å²) in [5.74, 6) is -0.807. The Hall–Kier alpha value is -1.36. The van der Waals surface area contributed by atoms with Crippen LogP contribution in [0.5, 0.6) is 0 Å².